The Morgan fingerprint density at radius 1 is 0.909 bits per heavy atom. The van der Waals surface area contributed by atoms with Crippen molar-refractivity contribution in [1.82, 2.24) is 4.57 Å². The smallest absolute Gasteiger partial charge is 0.234 e. The Morgan fingerprint density at radius 2 is 1.41 bits per heavy atom. The Bertz CT molecular complexity index is 392. The number of rotatable bonds is 14. The first-order valence-electron chi connectivity index (χ1n) is 9.49. The van der Waals surface area contributed by atoms with Gasteiger partial charge in [0.25, 0.3) is 5.82 Å². The maximum Gasteiger partial charge on any atom is 0.257 e. The lowest BCUT2D eigenvalue weighted by atomic mass is 10.1. The van der Waals surface area contributed by atoms with Crippen LogP contribution in [0.3, 0.4) is 0 Å². The van der Waals surface area contributed by atoms with Crippen molar-refractivity contribution in [2.75, 3.05) is 0 Å². The van der Waals surface area contributed by atoms with E-state index in [0.29, 0.717) is 0 Å². The van der Waals surface area contributed by atoms with Gasteiger partial charge < -0.3 is 0 Å². The molecule has 2 nitrogen and oxygen atoms in total. The van der Waals surface area contributed by atoms with Gasteiger partial charge in [-0.05, 0) is 12.8 Å². The van der Waals surface area contributed by atoms with Crippen LogP contribution in [0.5, 0.6) is 0 Å². The summed E-state index contributed by atoms with van der Waals surface area (Å²) >= 11 is 0. The summed E-state index contributed by atoms with van der Waals surface area (Å²) in [6.45, 7) is 9.41. The molecule has 1 aromatic rings. The third kappa shape index (κ3) is 7.82. The van der Waals surface area contributed by atoms with Crippen LogP contribution in [0, 0.1) is 6.92 Å². The summed E-state index contributed by atoms with van der Waals surface area (Å²) in [4.78, 5) is 0. The Kier molecular flexibility index (Phi) is 10.8. The van der Waals surface area contributed by atoms with Gasteiger partial charge in [-0.25, -0.2) is 9.13 Å². The second kappa shape index (κ2) is 12.5. The highest BCUT2D eigenvalue weighted by atomic mass is 15.1. The van der Waals surface area contributed by atoms with Crippen molar-refractivity contribution < 1.29 is 4.57 Å². The Labute approximate surface area is 138 Å². The average molecular weight is 306 g/mol. The van der Waals surface area contributed by atoms with Crippen molar-refractivity contribution in [3.05, 3.63) is 24.8 Å². The predicted molar refractivity (Wildman–Crippen MR) is 96.8 cm³/mol. The second-order valence-corrected chi connectivity index (χ2v) is 6.52. The van der Waals surface area contributed by atoms with E-state index in [1.807, 2.05) is 6.20 Å². The number of unbranched alkanes of at least 4 members (excludes halogenated alkanes) is 11. The SMILES string of the molecule is C=Cn1cc[n+](CCCCCCCCCCCCCC)c1C. The van der Waals surface area contributed by atoms with Crippen molar-refractivity contribution in [3.63, 3.8) is 0 Å². The van der Waals surface area contributed by atoms with E-state index in [0.717, 1.165) is 6.54 Å². The highest BCUT2D eigenvalue weighted by Crippen LogP contribution is 2.11. The van der Waals surface area contributed by atoms with E-state index in [1.165, 1.54) is 82.9 Å². The van der Waals surface area contributed by atoms with Crippen molar-refractivity contribution in [1.29, 1.82) is 0 Å². The van der Waals surface area contributed by atoms with E-state index >= 15 is 0 Å². The monoisotopic (exact) mass is 305 g/mol. The number of aromatic nitrogens is 2. The van der Waals surface area contributed by atoms with Gasteiger partial charge in [0.1, 0.15) is 12.4 Å². The molecule has 0 radical (unpaired) electrons. The molecule has 1 aromatic heterocycles. The third-order valence-electron chi connectivity index (χ3n) is 4.65. The summed E-state index contributed by atoms with van der Waals surface area (Å²) in [5.74, 6) is 1.28. The van der Waals surface area contributed by atoms with Crippen LogP contribution in [0.1, 0.15) is 89.8 Å². The molecule has 0 N–H and O–H groups in total. The fraction of sp³-hybridized carbons (Fsp3) is 0.750. The standard InChI is InChI=1S/C20H37N2/c1-4-6-7-8-9-10-11-12-13-14-15-16-17-22-19-18-21(5-2)20(22)3/h5,18-19H,2,4,6-17H2,1,3H3/q+1. The summed E-state index contributed by atoms with van der Waals surface area (Å²) in [6, 6.07) is 0. The first-order valence-corrected chi connectivity index (χ1v) is 9.49. The highest BCUT2D eigenvalue weighted by Gasteiger charge is 2.08. The first-order chi connectivity index (χ1) is 10.8. The first kappa shape index (κ1) is 19.0. The number of hydrogen-bond acceptors (Lipinski definition) is 0. The molecule has 0 unspecified atom stereocenters. The molecule has 0 aliphatic heterocycles. The zero-order valence-corrected chi connectivity index (χ0v) is 15.0. The Morgan fingerprint density at radius 3 is 1.86 bits per heavy atom. The lowest BCUT2D eigenvalue weighted by molar-refractivity contribution is -0.702. The molecule has 22 heavy (non-hydrogen) atoms. The van der Waals surface area contributed by atoms with Crippen LogP contribution in [-0.2, 0) is 6.54 Å². The van der Waals surface area contributed by atoms with Crippen LogP contribution in [0.4, 0.5) is 0 Å². The average Bonchev–Trinajstić information content (AvgIpc) is 2.88. The quantitative estimate of drug-likeness (QED) is 0.299. The Hall–Kier alpha value is -1.05. The van der Waals surface area contributed by atoms with Crippen LogP contribution >= 0.6 is 0 Å². The van der Waals surface area contributed by atoms with Crippen molar-refractivity contribution in [3.8, 4) is 0 Å². The molecular weight excluding hydrogens is 268 g/mol. The number of aryl methyl sites for hydroxylation is 1. The van der Waals surface area contributed by atoms with Gasteiger partial charge in [-0.1, -0.05) is 77.7 Å². The third-order valence-corrected chi connectivity index (χ3v) is 4.65. The van der Waals surface area contributed by atoms with E-state index in [2.05, 4.69) is 42.0 Å². The van der Waals surface area contributed by atoms with E-state index in [9.17, 15) is 0 Å². The van der Waals surface area contributed by atoms with Crippen LogP contribution in [0.15, 0.2) is 19.0 Å². The number of nitrogens with zero attached hydrogens (tertiary/aromatic N) is 2. The molecule has 0 fully saturated rings. The van der Waals surface area contributed by atoms with Crippen LogP contribution in [0.2, 0.25) is 0 Å². The maximum atomic E-state index is 3.82. The minimum Gasteiger partial charge on any atom is -0.234 e. The van der Waals surface area contributed by atoms with Gasteiger partial charge in [-0.3, -0.25) is 0 Å². The highest BCUT2D eigenvalue weighted by molar-refractivity contribution is 5.16. The largest absolute Gasteiger partial charge is 0.257 e. The van der Waals surface area contributed by atoms with Crippen molar-refractivity contribution in [2.45, 2.75) is 97.4 Å². The molecule has 0 saturated heterocycles. The summed E-state index contributed by atoms with van der Waals surface area (Å²) in [5.41, 5.74) is 0. The van der Waals surface area contributed by atoms with E-state index in [1.54, 1.807) is 0 Å². The van der Waals surface area contributed by atoms with Crippen LogP contribution < -0.4 is 4.57 Å². The van der Waals surface area contributed by atoms with Crippen LogP contribution in [0.25, 0.3) is 6.20 Å². The summed E-state index contributed by atoms with van der Waals surface area (Å²) < 4.78 is 4.42. The van der Waals surface area contributed by atoms with Crippen molar-refractivity contribution in [2.24, 2.45) is 0 Å². The zero-order valence-electron chi connectivity index (χ0n) is 15.0. The fourth-order valence-electron chi connectivity index (χ4n) is 3.07. The fourth-order valence-corrected chi connectivity index (χ4v) is 3.07. The minimum atomic E-state index is 1.14. The molecule has 126 valence electrons. The number of imidazole rings is 1. The molecule has 0 aliphatic rings. The molecule has 0 saturated carbocycles. The maximum absolute atomic E-state index is 3.82. The molecular formula is C20H37N2+. The molecule has 2 heteroatoms. The van der Waals surface area contributed by atoms with E-state index < -0.39 is 0 Å². The molecule has 0 aromatic carbocycles. The van der Waals surface area contributed by atoms with E-state index in [-0.39, 0.29) is 0 Å². The van der Waals surface area contributed by atoms with Gasteiger partial charge in [-0.2, -0.15) is 0 Å². The zero-order chi connectivity index (χ0) is 16.0. The predicted octanol–water partition coefficient (Wildman–Crippen LogP) is 5.89. The number of hydrogen-bond donors (Lipinski definition) is 0. The molecule has 0 bridgehead atoms. The normalized spacial score (nSPS) is 11.0. The second-order valence-electron chi connectivity index (χ2n) is 6.52. The van der Waals surface area contributed by atoms with E-state index in [4.69, 9.17) is 0 Å². The summed E-state index contributed by atoms with van der Waals surface area (Å²) in [5, 5.41) is 0. The van der Waals surface area contributed by atoms with Gasteiger partial charge in [0.2, 0.25) is 0 Å². The van der Waals surface area contributed by atoms with Crippen molar-refractivity contribution >= 4 is 6.20 Å². The summed E-state index contributed by atoms with van der Waals surface area (Å²) in [6.07, 6.45) is 23.1. The molecule has 0 aliphatic carbocycles. The topological polar surface area (TPSA) is 8.81 Å². The molecule has 0 amide bonds. The van der Waals surface area contributed by atoms with Gasteiger partial charge in [0, 0.05) is 6.92 Å². The minimum absolute atomic E-state index is 1.14. The lowest BCUT2D eigenvalue weighted by Gasteiger charge is -2.03. The lowest BCUT2D eigenvalue weighted by Crippen LogP contribution is -2.35. The van der Waals surface area contributed by atoms with Gasteiger partial charge in [0.15, 0.2) is 0 Å². The van der Waals surface area contributed by atoms with Gasteiger partial charge in [0.05, 0.1) is 12.7 Å². The van der Waals surface area contributed by atoms with Gasteiger partial charge in [-0.15, -0.1) is 0 Å². The van der Waals surface area contributed by atoms with Crippen LogP contribution in [-0.4, -0.2) is 4.57 Å². The summed E-state index contributed by atoms with van der Waals surface area (Å²) in [7, 11) is 0. The molecule has 0 spiro atoms. The molecule has 1 rings (SSSR count). The molecule has 1 heterocycles. The Balaban J connectivity index is 1.89. The van der Waals surface area contributed by atoms with Gasteiger partial charge >= 0.3 is 0 Å². The molecule has 0 atom stereocenters.